The van der Waals surface area contributed by atoms with Gasteiger partial charge in [-0.3, -0.25) is 4.79 Å². The Balaban J connectivity index is 2.53. The number of nitrogens with zero attached hydrogens (tertiary/aromatic N) is 3. The molecular formula is C13H23N5OS. The first-order chi connectivity index (χ1) is 9.56. The predicted molar refractivity (Wildman–Crippen MR) is 83.0 cm³/mol. The summed E-state index contributed by atoms with van der Waals surface area (Å²) in [6, 6.07) is 0. The molecule has 0 fully saturated rings. The van der Waals surface area contributed by atoms with Gasteiger partial charge in [-0.2, -0.15) is 0 Å². The summed E-state index contributed by atoms with van der Waals surface area (Å²) >= 11 is 1.69. The topological polar surface area (TPSA) is 69.6 Å². The number of aliphatic imine (C=N–C) groups is 1. The van der Waals surface area contributed by atoms with Crippen molar-refractivity contribution >= 4 is 23.2 Å². The Morgan fingerprint density at radius 1 is 1.40 bits per heavy atom. The van der Waals surface area contributed by atoms with Crippen LogP contribution in [0.3, 0.4) is 0 Å². The zero-order valence-corrected chi connectivity index (χ0v) is 13.4. The number of guanidine groups is 1. The van der Waals surface area contributed by atoms with E-state index < -0.39 is 0 Å². The summed E-state index contributed by atoms with van der Waals surface area (Å²) in [4.78, 5) is 22.9. The molecule has 0 aliphatic rings. The Hall–Kier alpha value is -1.63. The molecular weight excluding hydrogens is 274 g/mol. The van der Waals surface area contributed by atoms with Crippen LogP contribution in [0.5, 0.6) is 0 Å². The Bertz CT molecular complexity index is 455. The van der Waals surface area contributed by atoms with Gasteiger partial charge in [-0.25, -0.2) is 9.98 Å². The fourth-order valence-electron chi connectivity index (χ4n) is 1.38. The highest BCUT2D eigenvalue weighted by molar-refractivity contribution is 7.11. The predicted octanol–water partition coefficient (Wildman–Crippen LogP) is 0.849. The van der Waals surface area contributed by atoms with Gasteiger partial charge in [0, 0.05) is 31.7 Å². The lowest BCUT2D eigenvalue weighted by Crippen LogP contribution is -2.38. The Kier molecular flexibility index (Phi) is 7.00. The van der Waals surface area contributed by atoms with Crippen molar-refractivity contribution in [2.75, 3.05) is 27.2 Å². The maximum atomic E-state index is 11.5. The van der Waals surface area contributed by atoms with E-state index in [1.54, 1.807) is 25.4 Å². The van der Waals surface area contributed by atoms with E-state index in [9.17, 15) is 4.79 Å². The minimum atomic E-state index is -0.0234. The molecule has 0 spiro atoms. The van der Waals surface area contributed by atoms with E-state index in [-0.39, 0.29) is 12.5 Å². The van der Waals surface area contributed by atoms with Crippen molar-refractivity contribution < 1.29 is 4.79 Å². The van der Waals surface area contributed by atoms with Gasteiger partial charge in [0.2, 0.25) is 5.91 Å². The zero-order chi connectivity index (χ0) is 15.0. The lowest BCUT2D eigenvalue weighted by atomic mass is 10.4. The van der Waals surface area contributed by atoms with Crippen LogP contribution < -0.4 is 10.6 Å². The molecule has 0 aliphatic heterocycles. The first-order valence-corrected chi connectivity index (χ1v) is 7.54. The van der Waals surface area contributed by atoms with Crippen LogP contribution in [0, 0.1) is 0 Å². The van der Waals surface area contributed by atoms with Crippen LogP contribution >= 0.6 is 11.3 Å². The normalized spacial score (nSPS) is 11.3. The van der Waals surface area contributed by atoms with Crippen molar-refractivity contribution in [3.05, 3.63) is 16.1 Å². The lowest BCUT2D eigenvalue weighted by molar-refractivity contribution is -0.127. The molecule has 0 saturated heterocycles. The van der Waals surface area contributed by atoms with Gasteiger partial charge in [0.1, 0.15) is 11.6 Å². The van der Waals surface area contributed by atoms with E-state index >= 15 is 0 Å². The van der Waals surface area contributed by atoms with E-state index in [2.05, 4.69) is 27.5 Å². The molecule has 1 rings (SSSR count). The highest BCUT2D eigenvalue weighted by Gasteiger charge is 2.05. The van der Waals surface area contributed by atoms with Gasteiger partial charge in [0.25, 0.3) is 0 Å². The SMILES string of the molecule is CCNC(=NCC(=O)N(C)C)NCc1ncc(CC)s1. The highest BCUT2D eigenvalue weighted by atomic mass is 32.1. The van der Waals surface area contributed by atoms with Gasteiger partial charge < -0.3 is 15.5 Å². The number of amides is 1. The number of rotatable bonds is 6. The summed E-state index contributed by atoms with van der Waals surface area (Å²) in [5.41, 5.74) is 0. The fraction of sp³-hybridized carbons (Fsp3) is 0.615. The van der Waals surface area contributed by atoms with Crippen LogP contribution in [-0.4, -0.2) is 48.9 Å². The van der Waals surface area contributed by atoms with Crippen LogP contribution in [0.1, 0.15) is 23.7 Å². The molecule has 1 aromatic rings. The third kappa shape index (κ3) is 5.56. The number of likely N-dealkylation sites (N-methyl/N-ethyl adjacent to an activating group) is 1. The highest BCUT2D eigenvalue weighted by Crippen LogP contribution is 2.12. The summed E-state index contributed by atoms with van der Waals surface area (Å²) in [5, 5.41) is 7.32. The smallest absolute Gasteiger partial charge is 0.243 e. The summed E-state index contributed by atoms with van der Waals surface area (Å²) < 4.78 is 0. The van der Waals surface area contributed by atoms with Gasteiger partial charge in [-0.1, -0.05) is 6.92 Å². The fourth-order valence-corrected chi connectivity index (χ4v) is 2.18. The molecule has 0 radical (unpaired) electrons. The second-order valence-electron chi connectivity index (χ2n) is 4.41. The lowest BCUT2D eigenvalue weighted by Gasteiger charge is -2.11. The van der Waals surface area contributed by atoms with E-state index in [1.807, 2.05) is 13.1 Å². The molecule has 0 atom stereocenters. The maximum Gasteiger partial charge on any atom is 0.243 e. The third-order valence-corrected chi connectivity index (χ3v) is 3.71. The van der Waals surface area contributed by atoms with Gasteiger partial charge in [0.05, 0.1) is 6.54 Å². The molecule has 7 heteroatoms. The van der Waals surface area contributed by atoms with Crippen LogP contribution in [0.4, 0.5) is 0 Å². The number of hydrogen-bond acceptors (Lipinski definition) is 4. The minimum Gasteiger partial charge on any atom is -0.357 e. The zero-order valence-electron chi connectivity index (χ0n) is 12.6. The van der Waals surface area contributed by atoms with Crippen LogP contribution in [-0.2, 0) is 17.8 Å². The van der Waals surface area contributed by atoms with Gasteiger partial charge >= 0.3 is 0 Å². The molecule has 20 heavy (non-hydrogen) atoms. The number of nitrogens with one attached hydrogen (secondary N) is 2. The van der Waals surface area contributed by atoms with Crippen molar-refractivity contribution in [3.63, 3.8) is 0 Å². The minimum absolute atomic E-state index is 0.0234. The van der Waals surface area contributed by atoms with E-state index in [1.165, 1.54) is 9.78 Å². The second-order valence-corrected chi connectivity index (χ2v) is 5.61. The molecule has 1 amide bonds. The van der Waals surface area contributed by atoms with E-state index in [0.717, 1.165) is 18.0 Å². The van der Waals surface area contributed by atoms with E-state index in [4.69, 9.17) is 0 Å². The molecule has 0 bridgehead atoms. The molecule has 2 N–H and O–H groups in total. The number of aryl methyl sites for hydroxylation is 1. The average Bonchev–Trinajstić information content (AvgIpc) is 2.89. The number of carbonyl (C=O) groups is 1. The molecule has 0 saturated carbocycles. The summed E-state index contributed by atoms with van der Waals surface area (Å²) in [7, 11) is 3.44. The standard InChI is InChI=1S/C13H23N5OS/c1-5-10-7-15-11(20-10)8-16-13(14-6-2)17-9-12(19)18(3)4/h7H,5-6,8-9H2,1-4H3,(H2,14,16,17). The van der Waals surface area contributed by atoms with Gasteiger partial charge in [-0.15, -0.1) is 11.3 Å². The van der Waals surface area contributed by atoms with Crippen LogP contribution in [0.25, 0.3) is 0 Å². The van der Waals surface area contributed by atoms with Crippen LogP contribution in [0.15, 0.2) is 11.2 Å². The third-order valence-electron chi connectivity index (χ3n) is 2.57. The molecule has 0 unspecified atom stereocenters. The van der Waals surface area contributed by atoms with Crippen LogP contribution in [0.2, 0.25) is 0 Å². The van der Waals surface area contributed by atoms with Gasteiger partial charge in [-0.05, 0) is 13.3 Å². The first kappa shape index (κ1) is 16.4. The quantitative estimate of drug-likeness (QED) is 0.603. The molecule has 1 heterocycles. The summed E-state index contributed by atoms with van der Waals surface area (Å²) in [6.07, 6.45) is 2.91. The van der Waals surface area contributed by atoms with E-state index in [0.29, 0.717) is 12.5 Å². The maximum absolute atomic E-state index is 11.5. The number of carbonyl (C=O) groups excluding carboxylic acids is 1. The number of thiazole rings is 1. The van der Waals surface area contributed by atoms with Crippen molar-refractivity contribution in [3.8, 4) is 0 Å². The van der Waals surface area contributed by atoms with Crippen molar-refractivity contribution in [1.29, 1.82) is 0 Å². The van der Waals surface area contributed by atoms with Gasteiger partial charge in [0.15, 0.2) is 5.96 Å². The average molecular weight is 297 g/mol. The summed E-state index contributed by atoms with van der Waals surface area (Å²) in [6.45, 7) is 5.61. The molecule has 0 aliphatic carbocycles. The van der Waals surface area contributed by atoms with Crippen molar-refractivity contribution in [1.82, 2.24) is 20.5 Å². The van der Waals surface area contributed by atoms with Crippen molar-refractivity contribution in [2.24, 2.45) is 4.99 Å². The first-order valence-electron chi connectivity index (χ1n) is 6.72. The summed E-state index contributed by atoms with van der Waals surface area (Å²) in [5.74, 6) is 0.612. The Morgan fingerprint density at radius 3 is 2.70 bits per heavy atom. The second kappa shape index (κ2) is 8.52. The number of hydrogen-bond donors (Lipinski definition) is 2. The molecule has 0 aromatic carbocycles. The monoisotopic (exact) mass is 297 g/mol. The van der Waals surface area contributed by atoms with Crippen molar-refractivity contribution in [2.45, 2.75) is 26.8 Å². The Labute approximate surface area is 124 Å². The molecule has 6 nitrogen and oxygen atoms in total. The number of aromatic nitrogens is 1. The molecule has 112 valence electrons. The largest absolute Gasteiger partial charge is 0.357 e. The molecule has 1 aromatic heterocycles. The Morgan fingerprint density at radius 2 is 2.15 bits per heavy atom.